The molecule has 3 aromatic carbocycles. The molecule has 0 spiro atoms. The number of carbonyl (C=O) groups is 2. The SMILES string of the molecule is COc1c(C=O)cc(S(=O)(=O)NC(=O)CCc2ccccc2)c(OC)c1-c1ccccc1. The molecule has 0 unspecified atom stereocenters. The highest BCUT2D eigenvalue weighted by atomic mass is 32.2. The molecular formula is C24H23NO6S. The first kappa shape index (κ1) is 23.0. The van der Waals surface area contributed by atoms with Gasteiger partial charge in [-0.25, -0.2) is 13.1 Å². The summed E-state index contributed by atoms with van der Waals surface area (Å²) >= 11 is 0. The zero-order valence-electron chi connectivity index (χ0n) is 17.7. The van der Waals surface area contributed by atoms with Gasteiger partial charge in [0.1, 0.15) is 10.6 Å². The van der Waals surface area contributed by atoms with Crippen molar-refractivity contribution in [3.63, 3.8) is 0 Å². The Balaban J connectivity index is 2.02. The van der Waals surface area contributed by atoms with Crippen LogP contribution < -0.4 is 14.2 Å². The molecule has 7 nitrogen and oxygen atoms in total. The summed E-state index contributed by atoms with van der Waals surface area (Å²) in [6.45, 7) is 0. The number of aldehydes is 1. The number of sulfonamides is 1. The van der Waals surface area contributed by atoms with Crippen molar-refractivity contribution in [1.82, 2.24) is 4.72 Å². The van der Waals surface area contributed by atoms with Gasteiger partial charge in [0.25, 0.3) is 10.0 Å². The fourth-order valence-electron chi connectivity index (χ4n) is 3.38. The second-order valence-corrected chi connectivity index (χ2v) is 8.55. The van der Waals surface area contributed by atoms with Crippen LogP contribution in [0.4, 0.5) is 0 Å². The summed E-state index contributed by atoms with van der Waals surface area (Å²) in [5.74, 6) is -0.514. The molecular weight excluding hydrogens is 430 g/mol. The molecule has 0 atom stereocenters. The molecule has 0 aliphatic carbocycles. The van der Waals surface area contributed by atoms with E-state index in [1.807, 2.05) is 30.3 Å². The number of hydrogen-bond acceptors (Lipinski definition) is 6. The van der Waals surface area contributed by atoms with Gasteiger partial charge >= 0.3 is 0 Å². The highest BCUT2D eigenvalue weighted by Crippen LogP contribution is 2.44. The molecule has 8 heteroatoms. The lowest BCUT2D eigenvalue weighted by Crippen LogP contribution is -2.31. The van der Waals surface area contributed by atoms with Gasteiger partial charge in [-0.3, -0.25) is 9.59 Å². The third-order valence-electron chi connectivity index (χ3n) is 4.85. The Morgan fingerprint density at radius 1 is 0.938 bits per heavy atom. The molecule has 0 aliphatic rings. The van der Waals surface area contributed by atoms with Crippen LogP contribution in [0, 0.1) is 0 Å². The molecule has 0 bridgehead atoms. The molecule has 32 heavy (non-hydrogen) atoms. The molecule has 0 fully saturated rings. The van der Waals surface area contributed by atoms with E-state index in [4.69, 9.17) is 9.47 Å². The minimum atomic E-state index is -4.33. The number of nitrogens with one attached hydrogen (secondary N) is 1. The summed E-state index contributed by atoms with van der Waals surface area (Å²) in [7, 11) is -1.63. The summed E-state index contributed by atoms with van der Waals surface area (Å²) in [6.07, 6.45) is 0.867. The van der Waals surface area contributed by atoms with Crippen LogP contribution in [0.5, 0.6) is 11.5 Å². The Kier molecular flexibility index (Phi) is 7.27. The van der Waals surface area contributed by atoms with Crippen molar-refractivity contribution >= 4 is 22.2 Å². The van der Waals surface area contributed by atoms with E-state index in [0.717, 1.165) is 11.6 Å². The van der Waals surface area contributed by atoms with E-state index >= 15 is 0 Å². The number of ether oxygens (including phenoxy) is 2. The van der Waals surface area contributed by atoms with E-state index < -0.39 is 15.9 Å². The number of amides is 1. The van der Waals surface area contributed by atoms with Crippen molar-refractivity contribution in [2.45, 2.75) is 17.7 Å². The number of rotatable bonds is 9. The Morgan fingerprint density at radius 3 is 2.09 bits per heavy atom. The van der Waals surface area contributed by atoms with Gasteiger partial charge in [0, 0.05) is 6.42 Å². The molecule has 0 aromatic heterocycles. The lowest BCUT2D eigenvalue weighted by atomic mass is 10.0. The second-order valence-electron chi connectivity index (χ2n) is 6.90. The normalized spacial score (nSPS) is 10.9. The molecule has 0 aliphatic heterocycles. The van der Waals surface area contributed by atoms with Crippen molar-refractivity contribution in [2.75, 3.05) is 14.2 Å². The van der Waals surface area contributed by atoms with Crippen molar-refractivity contribution in [2.24, 2.45) is 0 Å². The quantitative estimate of drug-likeness (QED) is 0.497. The largest absolute Gasteiger partial charge is 0.495 e. The Hall–Kier alpha value is -3.65. The van der Waals surface area contributed by atoms with Crippen LogP contribution in [0.25, 0.3) is 11.1 Å². The van der Waals surface area contributed by atoms with E-state index in [2.05, 4.69) is 4.72 Å². The lowest BCUT2D eigenvalue weighted by Gasteiger charge is -2.19. The maximum Gasteiger partial charge on any atom is 0.267 e. The molecule has 0 radical (unpaired) electrons. The average molecular weight is 454 g/mol. The summed E-state index contributed by atoms with van der Waals surface area (Å²) in [5, 5.41) is 0. The van der Waals surface area contributed by atoms with Gasteiger partial charge in [-0.15, -0.1) is 0 Å². The standard InChI is InChI=1S/C24H23NO6S/c1-30-23-19(16-26)15-20(24(31-2)22(23)18-11-7-4-8-12-18)32(28,29)25-21(27)14-13-17-9-5-3-6-10-17/h3-12,15-16H,13-14H2,1-2H3,(H,25,27). The number of hydrogen-bond donors (Lipinski definition) is 1. The zero-order chi connectivity index (χ0) is 23.1. The number of aryl methyl sites for hydroxylation is 1. The van der Waals surface area contributed by atoms with Crippen LogP contribution in [0.3, 0.4) is 0 Å². The first-order chi connectivity index (χ1) is 15.4. The maximum atomic E-state index is 13.1. The van der Waals surface area contributed by atoms with E-state index in [1.165, 1.54) is 14.2 Å². The summed E-state index contributed by atoms with van der Waals surface area (Å²) in [5.41, 5.74) is 1.83. The summed E-state index contributed by atoms with van der Waals surface area (Å²) in [6, 6.07) is 19.2. The average Bonchev–Trinajstić information content (AvgIpc) is 2.82. The Morgan fingerprint density at radius 2 is 1.53 bits per heavy atom. The summed E-state index contributed by atoms with van der Waals surface area (Å²) in [4.78, 5) is 23.8. The highest BCUT2D eigenvalue weighted by Gasteiger charge is 2.29. The first-order valence-corrected chi connectivity index (χ1v) is 11.3. The lowest BCUT2D eigenvalue weighted by molar-refractivity contribution is -0.119. The van der Waals surface area contributed by atoms with Crippen LogP contribution in [0.15, 0.2) is 71.6 Å². The smallest absolute Gasteiger partial charge is 0.267 e. The molecule has 166 valence electrons. The zero-order valence-corrected chi connectivity index (χ0v) is 18.5. The van der Waals surface area contributed by atoms with Gasteiger partial charge < -0.3 is 9.47 Å². The highest BCUT2D eigenvalue weighted by molar-refractivity contribution is 7.90. The monoisotopic (exact) mass is 453 g/mol. The minimum absolute atomic E-state index is 0.0178. The number of benzene rings is 3. The third-order valence-corrected chi connectivity index (χ3v) is 6.22. The number of methoxy groups -OCH3 is 2. The van der Waals surface area contributed by atoms with Gasteiger partial charge in [-0.2, -0.15) is 0 Å². The molecule has 0 saturated carbocycles. The molecule has 1 N–H and O–H groups in total. The molecule has 1 amide bonds. The van der Waals surface area contributed by atoms with Crippen LogP contribution in [-0.2, 0) is 21.2 Å². The van der Waals surface area contributed by atoms with Crippen LogP contribution in [0.2, 0.25) is 0 Å². The van der Waals surface area contributed by atoms with Crippen molar-refractivity contribution in [3.05, 3.63) is 77.9 Å². The molecule has 0 saturated heterocycles. The Labute approximate surface area is 187 Å². The van der Waals surface area contributed by atoms with Gasteiger partial charge in [-0.05, 0) is 23.6 Å². The second kappa shape index (κ2) is 10.1. The summed E-state index contributed by atoms with van der Waals surface area (Å²) < 4.78 is 39.2. The minimum Gasteiger partial charge on any atom is -0.495 e. The predicted molar refractivity (Wildman–Crippen MR) is 120 cm³/mol. The predicted octanol–water partition coefficient (Wildman–Crippen LogP) is 3.62. The molecule has 3 aromatic rings. The third kappa shape index (κ3) is 4.97. The van der Waals surface area contributed by atoms with Gasteiger partial charge in [0.15, 0.2) is 12.0 Å². The van der Waals surface area contributed by atoms with Crippen molar-refractivity contribution < 1.29 is 27.5 Å². The van der Waals surface area contributed by atoms with Crippen molar-refractivity contribution in [3.8, 4) is 22.6 Å². The molecule has 3 rings (SSSR count). The van der Waals surface area contributed by atoms with Crippen LogP contribution >= 0.6 is 0 Å². The fourth-order valence-corrected chi connectivity index (χ4v) is 4.60. The molecule has 0 heterocycles. The van der Waals surface area contributed by atoms with E-state index in [-0.39, 0.29) is 28.4 Å². The van der Waals surface area contributed by atoms with Gasteiger partial charge in [0.05, 0.1) is 25.3 Å². The van der Waals surface area contributed by atoms with E-state index in [0.29, 0.717) is 23.8 Å². The Bertz CT molecular complexity index is 1210. The van der Waals surface area contributed by atoms with Crippen LogP contribution in [-0.4, -0.2) is 34.8 Å². The van der Waals surface area contributed by atoms with E-state index in [1.54, 1.807) is 30.3 Å². The van der Waals surface area contributed by atoms with Crippen molar-refractivity contribution in [1.29, 1.82) is 0 Å². The van der Waals surface area contributed by atoms with Crippen LogP contribution in [0.1, 0.15) is 22.3 Å². The number of carbonyl (C=O) groups excluding carboxylic acids is 2. The van der Waals surface area contributed by atoms with Gasteiger partial charge in [-0.1, -0.05) is 60.7 Å². The topological polar surface area (TPSA) is 98.8 Å². The maximum absolute atomic E-state index is 13.1. The van der Waals surface area contributed by atoms with E-state index in [9.17, 15) is 18.0 Å². The fraction of sp³-hybridized carbons (Fsp3) is 0.167. The van der Waals surface area contributed by atoms with Gasteiger partial charge in [0.2, 0.25) is 5.91 Å². The first-order valence-electron chi connectivity index (χ1n) is 9.80.